The van der Waals surface area contributed by atoms with Gasteiger partial charge in [-0.3, -0.25) is 0 Å². The molecule has 0 aromatic heterocycles. The monoisotopic (exact) mass is 258 g/mol. The summed E-state index contributed by atoms with van der Waals surface area (Å²) in [5.41, 5.74) is 1.23. The summed E-state index contributed by atoms with van der Waals surface area (Å²) in [7, 11) is 5.45. The van der Waals surface area contributed by atoms with Crippen molar-refractivity contribution in [3.8, 4) is 0 Å². The Morgan fingerprint density at radius 3 is 2.58 bits per heavy atom. The second-order valence-corrected chi connectivity index (χ2v) is 4.75. The quantitative estimate of drug-likeness (QED) is 0.806. The van der Waals surface area contributed by atoms with Crippen LogP contribution in [0.15, 0.2) is 36.5 Å². The van der Waals surface area contributed by atoms with Crippen LogP contribution >= 0.6 is 0 Å². The Balaban J connectivity index is 2.35. The third-order valence-corrected chi connectivity index (χ3v) is 3.68. The number of methoxy groups -OCH3 is 2. The zero-order valence-corrected chi connectivity index (χ0v) is 11.4. The van der Waals surface area contributed by atoms with E-state index in [0.29, 0.717) is 0 Å². The molecule has 0 spiro atoms. The van der Waals surface area contributed by atoms with Gasteiger partial charge in [0.05, 0.1) is 13.2 Å². The molecule has 100 valence electrons. The van der Waals surface area contributed by atoms with Crippen LogP contribution in [-0.4, -0.2) is 38.4 Å². The zero-order chi connectivity index (χ0) is 13.4. The number of benzene rings is 1. The van der Waals surface area contributed by atoms with Crippen LogP contribution in [-0.2, 0) is 9.47 Å². The van der Waals surface area contributed by atoms with Crippen molar-refractivity contribution in [1.82, 2.24) is 10.2 Å². The number of nitrogens with one attached hydrogen (secondary N) is 1. The lowest BCUT2D eigenvalue weighted by Crippen LogP contribution is -2.53. The van der Waals surface area contributed by atoms with E-state index in [9.17, 15) is 0 Å². The predicted molar refractivity (Wildman–Crippen MR) is 74.1 cm³/mol. The van der Waals surface area contributed by atoms with Gasteiger partial charge in [-0.1, -0.05) is 18.2 Å². The van der Waals surface area contributed by atoms with Crippen LogP contribution in [0.4, 0.5) is 0 Å². The van der Waals surface area contributed by atoms with Crippen molar-refractivity contribution in [3.05, 3.63) is 47.0 Å². The first-order chi connectivity index (χ1) is 9.26. The molecule has 2 aliphatic rings. The van der Waals surface area contributed by atoms with Gasteiger partial charge in [-0.2, -0.15) is 0 Å². The lowest BCUT2D eigenvalue weighted by atomic mass is 9.95. The van der Waals surface area contributed by atoms with Gasteiger partial charge < -0.3 is 19.7 Å². The topological polar surface area (TPSA) is 33.7 Å². The summed E-state index contributed by atoms with van der Waals surface area (Å²) in [6.45, 7) is 0. The summed E-state index contributed by atoms with van der Waals surface area (Å²) >= 11 is 0. The molecule has 0 bridgehead atoms. The number of ether oxygens (including phenoxy) is 2. The third kappa shape index (κ3) is 1.79. The minimum atomic E-state index is -0.0537. The molecule has 1 aromatic rings. The first kappa shape index (κ1) is 12.1. The van der Waals surface area contributed by atoms with Crippen molar-refractivity contribution < 1.29 is 9.47 Å². The number of fused-ring (bicyclic) bond motifs is 2. The van der Waals surface area contributed by atoms with Crippen LogP contribution in [0.2, 0.25) is 0 Å². The summed E-state index contributed by atoms with van der Waals surface area (Å²) in [5.74, 6) is 0.813. The van der Waals surface area contributed by atoms with Gasteiger partial charge in [0.25, 0.3) is 0 Å². The number of hydrogen-bond acceptors (Lipinski definition) is 4. The predicted octanol–water partition coefficient (Wildman–Crippen LogP) is -0.0472. The average Bonchev–Trinajstić information content (AvgIpc) is 2.46. The van der Waals surface area contributed by atoms with Crippen LogP contribution < -0.4 is 15.8 Å². The highest BCUT2D eigenvalue weighted by molar-refractivity contribution is 5.65. The molecule has 2 atom stereocenters. The molecule has 4 nitrogen and oxygen atoms in total. The first-order valence-corrected chi connectivity index (χ1v) is 6.33. The zero-order valence-electron chi connectivity index (χ0n) is 11.4. The van der Waals surface area contributed by atoms with Crippen LogP contribution in [0.3, 0.4) is 0 Å². The molecule has 2 heterocycles. The Labute approximate surface area is 112 Å². The molecule has 0 amide bonds. The fourth-order valence-corrected chi connectivity index (χ4v) is 2.82. The molecular weight excluding hydrogens is 240 g/mol. The van der Waals surface area contributed by atoms with Gasteiger partial charge in [-0.05, 0) is 23.6 Å². The molecule has 3 rings (SSSR count). The lowest BCUT2D eigenvalue weighted by Gasteiger charge is -2.37. The molecule has 1 N–H and O–H groups in total. The molecule has 0 fully saturated rings. The molecular formula is C15H18N2O2. The molecule has 19 heavy (non-hydrogen) atoms. The van der Waals surface area contributed by atoms with E-state index in [-0.39, 0.29) is 12.3 Å². The Hall–Kier alpha value is -1.94. The molecule has 2 aliphatic heterocycles. The van der Waals surface area contributed by atoms with E-state index in [4.69, 9.17) is 9.47 Å². The standard InChI is InChI=1S/C15H18N2O2/c1-17-9-8-12-13(15(17)19-3)10-6-4-5-7-11(10)14(16-12)18-2/h4-9,12,15-16H,1-3H3. The van der Waals surface area contributed by atoms with E-state index >= 15 is 0 Å². The second-order valence-electron chi connectivity index (χ2n) is 4.75. The highest BCUT2D eigenvalue weighted by Gasteiger charge is 2.31. The molecule has 4 heteroatoms. The largest absolute Gasteiger partial charge is 0.482 e. The van der Waals surface area contributed by atoms with E-state index in [1.807, 2.05) is 25.4 Å². The Kier molecular flexibility index (Phi) is 2.95. The minimum absolute atomic E-state index is 0.0537. The molecule has 0 aliphatic carbocycles. The summed E-state index contributed by atoms with van der Waals surface area (Å²) in [5, 5.41) is 5.68. The van der Waals surface area contributed by atoms with Crippen molar-refractivity contribution in [1.29, 1.82) is 0 Å². The summed E-state index contributed by atoms with van der Waals surface area (Å²) in [4.78, 5) is 2.07. The van der Waals surface area contributed by atoms with Gasteiger partial charge in [0.15, 0.2) is 12.1 Å². The second kappa shape index (κ2) is 4.63. The smallest absolute Gasteiger partial charge is 0.195 e. The molecule has 0 saturated carbocycles. The molecule has 2 unspecified atom stereocenters. The molecule has 1 aromatic carbocycles. The average molecular weight is 258 g/mol. The van der Waals surface area contributed by atoms with E-state index in [2.05, 4.69) is 28.4 Å². The van der Waals surface area contributed by atoms with Crippen molar-refractivity contribution in [2.45, 2.75) is 12.3 Å². The van der Waals surface area contributed by atoms with E-state index < -0.39 is 0 Å². The van der Waals surface area contributed by atoms with Crippen LogP contribution in [0.1, 0.15) is 0 Å². The van der Waals surface area contributed by atoms with Gasteiger partial charge in [0.1, 0.15) is 0 Å². The normalized spacial score (nSPS) is 24.7. The van der Waals surface area contributed by atoms with Gasteiger partial charge in [0, 0.05) is 24.9 Å². The van der Waals surface area contributed by atoms with Crippen molar-refractivity contribution in [2.24, 2.45) is 0 Å². The highest BCUT2D eigenvalue weighted by atomic mass is 16.5. The minimum Gasteiger partial charge on any atom is -0.482 e. The number of hydrogen-bond donors (Lipinski definition) is 1. The molecule has 0 radical (unpaired) electrons. The lowest BCUT2D eigenvalue weighted by molar-refractivity contribution is 0.0459. The first-order valence-electron chi connectivity index (χ1n) is 6.33. The number of rotatable bonds is 2. The van der Waals surface area contributed by atoms with Gasteiger partial charge in [-0.25, -0.2) is 0 Å². The maximum atomic E-state index is 5.65. The Morgan fingerprint density at radius 2 is 1.89 bits per heavy atom. The van der Waals surface area contributed by atoms with Crippen LogP contribution in [0.25, 0.3) is 11.5 Å². The Bertz CT molecular complexity index is 636. The maximum Gasteiger partial charge on any atom is 0.195 e. The summed E-state index contributed by atoms with van der Waals surface area (Å²) in [6.07, 6.45) is 4.11. The van der Waals surface area contributed by atoms with Gasteiger partial charge in [-0.15, -0.1) is 0 Å². The highest BCUT2D eigenvalue weighted by Crippen LogP contribution is 2.22. The van der Waals surface area contributed by atoms with E-state index in [1.54, 1.807) is 14.2 Å². The van der Waals surface area contributed by atoms with Crippen LogP contribution in [0.5, 0.6) is 0 Å². The fraction of sp³-hybridized carbons (Fsp3) is 0.333. The maximum absolute atomic E-state index is 5.65. The summed E-state index contributed by atoms with van der Waals surface area (Å²) < 4.78 is 11.1. The SMILES string of the molecule is COC1=c2ccccc2=C2C(C=CN(C)C2OC)N1. The van der Waals surface area contributed by atoms with Gasteiger partial charge in [0.2, 0.25) is 0 Å². The van der Waals surface area contributed by atoms with E-state index in [1.165, 1.54) is 10.8 Å². The van der Waals surface area contributed by atoms with Crippen molar-refractivity contribution >= 4 is 11.5 Å². The fourth-order valence-electron chi connectivity index (χ4n) is 2.82. The number of nitrogens with zero attached hydrogens (tertiary/aromatic N) is 1. The van der Waals surface area contributed by atoms with Gasteiger partial charge >= 0.3 is 0 Å². The third-order valence-electron chi connectivity index (χ3n) is 3.68. The molecule has 0 saturated heterocycles. The van der Waals surface area contributed by atoms with E-state index in [0.717, 1.165) is 11.1 Å². The summed E-state index contributed by atoms with van der Waals surface area (Å²) in [6, 6.07) is 8.37. The van der Waals surface area contributed by atoms with Crippen molar-refractivity contribution in [2.75, 3.05) is 21.3 Å². The van der Waals surface area contributed by atoms with Crippen molar-refractivity contribution in [3.63, 3.8) is 0 Å². The Morgan fingerprint density at radius 1 is 1.16 bits per heavy atom. The van der Waals surface area contributed by atoms with Crippen LogP contribution in [0, 0.1) is 0 Å².